The molecule has 0 aliphatic carbocycles. The number of carbonyl (C=O) groups is 3. The van der Waals surface area contributed by atoms with Crippen LogP contribution in [0.4, 0.5) is 4.39 Å². The van der Waals surface area contributed by atoms with E-state index in [4.69, 9.17) is 5.73 Å². The Morgan fingerprint density at radius 1 is 1.13 bits per heavy atom. The number of halogens is 1. The number of ketones is 1. The molecule has 30 heavy (non-hydrogen) atoms. The Balaban J connectivity index is 1.93. The molecule has 154 valence electrons. The topological polar surface area (TPSA) is 107 Å². The summed E-state index contributed by atoms with van der Waals surface area (Å²) < 4.78 is 15.2. The molecule has 3 rings (SSSR count). The number of Topliss-reactive ketones (excluding diaryl/α,β-unsaturated/α-hetero) is 1. The molecule has 1 atom stereocenters. The molecular weight excluding hydrogens is 387 g/mol. The minimum atomic E-state index is -1.14. The Labute approximate surface area is 172 Å². The Kier molecular flexibility index (Phi) is 6.36. The van der Waals surface area contributed by atoms with Crippen molar-refractivity contribution >= 4 is 17.6 Å². The van der Waals surface area contributed by atoms with Gasteiger partial charge in [-0.2, -0.15) is 5.10 Å². The van der Waals surface area contributed by atoms with Crippen LogP contribution in [0, 0.1) is 5.82 Å². The summed E-state index contributed by atoms with van der Waals surface area (Å²) in [6.07, 6.45) is 1.62. The van der Waals surface area contributed by atoms with Gasteiger partial charge >= 0.3 is 0 Å². The van der Waals surface area contributed by atoms with E-state index in [1.807, 2.05) is 13.0 Å². The van der Waals surface area contributed by atoms with Crippen LogP contribution in [0.5, 0.6) is 0 Å². The van der Waals surface area contributed by atoms with Crippen LogP contribution in [-0.2, 0) is 22.6 Å². The van der Waals surface area contributed by atoms with E-state index < -0.39 is 29.5 Å². The van der Waals surface area contributed by atoms with Gasteiger partial charge in [-0.1, -0.05) is 42.5 Å². The van der Waals surface area contributed by atoms with Gasteiger partial charge in [0.15, 0.2) is 0 Å². The van der Waals surface area contributed by atoms with Crippen LogP contribution in [0.3, 0.4) is 0 Å². The van der Waals surface area contributed by atoms with E-state index in [-0.39, 0.29) is 17.7 Å². The zero-order valence-electron chi connectivity index (χ0n) is 16.3. The van der Waals surface area contributed by atoms with Crippen LogP contribution in [0.1, 0.15) is 22.8 Å². The Bertz CT molecular complexity index is 1080. The lowest BCUT2D eigenvalue weighted by molar-refractivity contribution is -0.137. The van der Waals surface area contributed by atoms with Crippen LogP contribution < -0.4 is 11.1 Å². The summed E-state index contributed by atoms with van der Waals surface area (Å²) in [5.74, 6) is -3.10. The maximum absolute atomic E-state index is 13.7. The fraction of sp³-hybridized carbons (Fsp3) is 0.182. The number of nitrogens with zero attached hydrogens (tertiary/aromatic N) is 2. The molecule has 0 bridgehead atoms. The number of primary amides is 1. The molecule has 1 unspecified atom stereocenters. The van der Waals surface area contributed by atoms with E-state index in [2.05, 4.69) is 10.4 Å². The molecule has 2 amide bonds. The van der Waals surface area contributed by atoms with Gasteiger partial charge in [0.05, 0.1) is 5.56 Å². The Morgan fingerprint density at radius 3 is 2.50 bits per heavy atom. The van der Waals surface area contributed by atoms with Gasteiger partial charge in [-0.3, -0.25) is 19.1 Å². The minimum absolute atomic E-state index is 0.103. The number of nitrogens with two attached hydrogens (primary N) is 1. The number of hydrogen-bond donors (Lipinski definition) is 2. The number of benzene rings is 2. The van der Waals surface area contributed by atoms with Gasteiger partial charge in [-0.15, -0.1) is 0 Å². The second-order valence-electron chi connectivity index (χ2n) is 6.70. The molecule has 0 aliphatic rings. The predicted molar refractivity (Wildman–Crippen MR) is 109 cm³/mol. The van der Waals surface area contributed by atoms with Crippen molar-refractivity contribution in [1.82, 2.24) is 15.1 Å². The van der Waals surface area contributed by atoms with Crippen molar-refractivity contribution in [3.05, 3.63) is 77.7 Å². The van der Waals surface area contributed by atoms with Crippen molar-refractivity contribution in [3.8, 4) is 11.3 Å². The largest absolute Gasteiger partial charge is 0.363 e. The van der Waals surface area contributed by atoms with E-state index in [9.17, 15) is 18.8 Å². The molecule has 0 fully saturated rings. The summed E-state index contributed by atoms with van der Waals surface area (Å²) >= 11 is 0. The van der Waals surface area contributed by atoms with E-state index in [0.29, 0.717) is 12.1 Å². The van der Waals surface area contributed by atoms with Gasteiger partial charge in [0.25, 0.3) is 11.8 Å². The second-order valence-corrected chi connectivity index (χ2v) is 6.70. The minimum Gasteiger partial charge on any atom is -0.363 e. The lowest BCUT2D eigenvalue weighted by atomic mass is 10.0. The third-order valence-electron chi connectivity index (χ3n) is 4.58. The molecule has 3 aromatic rings. The van der Waals surface area contributed by atoms with E-state index in [1.165, 1.54) is 29.1 Å². The molecule has 0 radical (unpaired) electrons. The maximum atomic E-state index is 13.7. The molecule has 0 spiro atoms. The number of aryl methyl sites for hydroxylation is 1. The molecule has 3 N–H and O–H groups in total. The molecule has 0 saturated heterocycles. The van der Waals surface area contributed by atoms with Crippen LogP contribution >= 0.6 is 0 Å². The fourth-order valence-electron chi connectivity index (χ4n) is 3.07. The van der Waals surface area contributed by atoms with Gasteiger partial charge in [-0.05, 0) is 24.6 Å². The molecule has 8 heteroatoms. The zero-order chi connectivity index (χ0) is 21.7. The first kappa shape index (κ1) is 20.9. The third kappa shape index (κ3) is 4.78. The first-order chi connectivity index (χ1) is 14.4. The summed E-state index contributed by atoms with van der Waals surface area (Å²) in [6.45, 7) is 2.34. The van der Waals surface area contributed by atoms with Gasteiger partial charge in [-0.25, -0.2) is 4.39 Å². The molecule has 7 nitrogen and oxygen atoms in total. The van der Waals surface area contributed by atoms with Crippen LogP contribution in [0.2, 0.25) is 0 Å². The van der Waals surface area contributed by atoms with Gasteiger partial charge in [0.2, 0.25) is 5.78 Å². The first-order valence-electron chi connectivity index (χ1n) is 9.41. The molecule has 0 aliphatic heterocycles. The molecule has 2 aromatic carbocycles. The zero-order valence-corrected chi connectivity index (χ0v) is 16.3. The molecular formula is C22H21FN4O3. The SMILES string of the molecule is CCn1cc(C(=O)NC(Cc2ccccc2)C(=O)C(N)=O)c(-c2cccc(F)c2)n1. The lowest BCUT2D eigenvalue weighted by Crippen LogP contribution is -2.47. The predicted octanol–water partition coefficient (Wildman–Crippen LogP) is 2.10. The second kappa shape index (κ2) is 9.13. The highest BCUT2D eigenvalue weighted by atomic mass is 19.1. The van der Waals surface area contributed by atoms with Crippen LogP contribution in [-0.4, -0.2) is 33.4 Å². The maximum Gasteiger partial charge on any atom is 0.287 e. The molecule has 1 aromatic heterocycles. The Hall–Kier alpha value is -3.81. The van der Waals surface area contributed by atoms with Gasteiger partial charge in [0.1, 0.15) is 17.6 Å². The van der Waals surface area contributed by atoms with Crippen molar-refractivity contribution in [2.45, 2.75) is 25.9 Å². The van der Waals surface area contributed by atoms with Gasteiger partial charge < -0.3 is 11.1 Å². The van der Waals surface area contributed by atoms with Crippen molar-refractivity contribution < 1.29 is 18.8 Å². The van der Waals surface area contributed by atoms with Crippen LogP contribution in [0.15, 0.2) is 60.8 Å². The highest BCUT2D eigenvalue weighted by molar-refractivity contribution is 6.38. The van der Waals surface area contributed by atoms with Crippen molar-refractivity contribution in [3.63, 3.8) is 0 Å². The standard InChI is InChI=1S/C22H21FN4O3/c1-2-27-13-17(19(26-27)15-9-6-10-16(23)12-15)22(30)25-18(20(28)21(24)29)11-14-7-4-3-5-8-14/h3-10,12-13,18H,2,11H2,1H3,(H2,24,29)(H,25,30). The number of rotatable bonds is 8. The number of nitrogens with one attached hydrogen (secondary N) is 1. The summed E-state index contributed by atoms with van der Waals surface area (Å²) in [5.41, 5.74) is 6.79. The lowest BCUT2D eigenvalue weighted by Gasteiger charge is -2.16. The first-order valence-corrected chi connectivity index (χ1v) is 9.41. The number of carbonyl (C=O) groups excluding carboxylic acids is 3. The summed E-state index contributed by atoms with van der Waals surface area (Å²) in [7, 11) is 0. The smallest absolute Gasteiger partial charge is 0.287 e. The summed E-state index contributed by atoms with van der Waals surface area (Å²) in [6, 6.07) is 13.5. The number of amides is 2. The van der Waals surface area contributed by atoms with E-state index in [1.54, 1.807) is 30.3 Å². The normalized spacial score (nSPS) is 11.7. The van der Waals surface area contributed by atoms with Crippen molar-refractivity contribution in [1.29, 1.82) is 0 Å². The van der Waals surface area contributed by atoms with E-state index >= 15 is 0 Å². The highest BCUT2D eigenvalue weighted by Gasteiger charge is 2.28. The van der Waals surface area contributed by atoms with Crippen molar-refractivity contribution in [2.75, 3.05) is 0 Å². The number of hydrogen-bond acceptors (Lipinski definition) is 4. The number of aromatic nitrogens is 2. The third-order valence-corrected chi connectivity index (χ3v) is 4.58. The van der Waals surface area contributed by atoms with E-state index in [0.717, 1.165) is 5.56 Å². The van der Waals surface area contributed by atoms with Gasteiger partial charge in [0, 0.05) is 24.7 Å². The average molecular weight is 408 g/mol. The van der Waals surface area contributed by atoms with Crippen LogP contribution in [0.25, 0.3) is 11.3 Å². The molecule has 1 heterocycles. The fourth-order valence-corrected chi connectivity index (χ4v) is 3.07. The summed E-state index contributed by atoms with van der Waals surface area (Å²) in [5, 5.41) is 6.93. The summed E-state index contributed by atoms with van der Waals surface area (Å²) in [4.78, 5) is 36.8. The highest BCUT2D eigenvalue weighted by Crippen LogP contribution is 2.23. The average Bonchev–Trinajstić information content (AvgIpc) is 3.18. The molecule has 0 saturated carbocycles. The Morgan fingerprint density at radius 2 is 1.87 bits per heavy atom. The quantitative estimate of drug-likeness (QED) is 0.557. The monoisotopic (exact) mass is 408 g/mol. The van der Waals surface area contributed by atoms with Crippen molar-refractivity contribution in [2.24, 2.45) is 5.73 Å².